The molecule has 21 heavy (non-hydrogen) atoms. The summed E-state index contributed by atoms with van der Waals surface area (Å²) in [4.78, 5) is 14.9. The van der Waals surface area contributed by atoms with Crippen molar-refractivity contribution in [1.82, 2.24) is 0 Å². The predicted octanol–water partition coefficient (Wildman–Crippen LogP) is 3.63. The standard InChI is InChI=1S/C18H20N2O/c1-13-9-10-16(19-2)15(12-13)18(21)20-11-5-7-14-6-3-4-8-17(14)20/h3-4,6,8-10,12,19H,5,7,11H2,1-2H3. The number of benzene rings is 2. The molecule has 3 nitrogen and oxygen atoms in total. The van der Waals surface area contributed by atoms with Crippen molar-refractivity contribution in [2.75, 3.05) is 23.8 Å². The SMILES string of the molecule is CNc1ccc(C)cc1C(=O)N1CCCc2ccccc21. The number of carbonyl (C=O) groups is 1. The van der Waals surface area contributed by atoms with Crippen LogP contribution >= 0.6 is 0 Å². The first kappa shape index (κ1) is 13.7. The van der Waals surface area contributed by atoms with Gasteiger partial charge in [-0.25, -0.2) is 0 Å². The van der Waals surface area contributed by atoms with Crippen LogP contribution in [0.5, 0.6) is 0 Å². The lowest BCUT2D eigenvalue weighted by Crippen LogP contribution is -2.35. The highest BCUT2D eigenvalue weighted by Crippen LogP contribution is 2.29. The summed E-state index contributed by atoms with van der Waals surface area (Å²) in [6, 6.07) is 14.2. The van der Waals surface area contributed by atoms with Crippen LogP contribution in [-0.2, 0) is 6.42 Å². The van der Waals surface area contributed by atoms with Crippen molar-refractivity contribution in [1.29, 1.82) is 0 Å². The highest BCUT2D eigenvalue weighted by Gasteiger charge is 2.24. The van der Waals surface area contributed by atoms with Crippen LogP contribution < -0.4 is 10.2 Å². The Morgan fingerprint density at radius 3 is 2.81 bits per heavy atom. The maximum absolute atomic E-state index is 13.0. The Labute approximate surface area is 125 Å². The molecule has 3 rings (SSSR count). The Morgan fingerprint density at radius 1 is 1.19 bits per heavy atom. The van der Waals surface area contributed by atoms with E-state index >= 15 is 0 Å². The number of rotatable bonds is 2. The molecule has 0 saturated heterocycles. The van der Waals surface area contributed by atoms with Gasteiger partial charge in [0.2, 0.25) is 0 Å². The van der Waals surface area contributed by atoms with Gasteiger partial charge in [0.1, 0.15) is 0 Å². The van der Waals surface area contributed by atoms with Crippen LogP contribution in [0.3, 0.4) is 0 Å². The summed E-state index contributed by atoms with van der Waals surface area (Å²) in [6.07, 6.45) is 2.07. The van der Waals surface area contributed by atoms with Gasteiger partial charge in [-0.1, -0.05) is 29.8 Å². The Kier molecular flexibility index (Phi) is 3.65. The van der Waals surface area contributed by atoms with Crippen LogP contribution in [0.2, 0.25) is 0 Å². The van der Waals surface area contributed by atoms with Gasteiger partial charge in [-0.05, 0) is 43.5 Å². The van der Waals surface area contributed by atoms with Gasteiger partial charge in [-0.2, -0.15) is 0 Å². The zero-order valence-electron chi connectivity index (χ0n) is 12.5. The first-order chi connectivity index (χ1) is 10.2. The summed E-state index contributed by atoms with van der Waals surface area (Å²) in [5.74, 6) is 0.0789. The quantitative estimate of drug-likeness (QED) is 0.911. The second kappa shape index (κ2) is 5.60. The Balaban J connectivity index is 2.02. The second-order valence-corrected chi connectivity index (χ2v) is 5.49. The minimum absolute atomic E-state index is 0.0789. The number of anilines is 2. The predicted molar refractivity (Wildman–Crippen MR) is 87.2 cm³/mol. The summed E-state index contributed by atoms with van der Waals surface area (Å²) in [5.41, 5.74) is 5.04. The number of aryl methyl sites for hydroxylation is 2. The first-order valence-electron chi connectivity index (χ1n) is 7.39. The molecule has 1 aliphatic heterocycles. The normalized spacial score (nSPS) is 13.7. The van der Waals surface area contributed by atoms with E-state index in [1.54, 1.807) is 0 Å². The van der Waals surface area contributed by atoms with Gasteiger partial charge < -0.3 is 10.2 Å². The highest BCUT2D eigenvalue weighted by molar-refractivity contribution is 6.10. The lowest BCUT2D eigenvalue weighted by molar-refractivity contribution is 0.0986. The molecule has 3 heteroatoms. The van der Waals surface area contributed by atoms with E-state index in [1.807, 2.05) is 55.3 Å². The molecule has 0 radical (unpaired) electrons. The molecule has 0 bridgehead atoms. The van der Waals surface area contributed by atoms with E-state index < -0.39 is 0 Å². The van der Waals surface area contributed by atoms with Gasteiger partial charge >= 0.3 is 0 Å². The summed E-state index contributed by atoms with van der Waals surface area (Å²) in [7, 11) is 1.85. The van der Waals surface area contributed by atoms with E-state index in [0.717, 1.165) is 41.9 Å². The molecule has 108 valence electrons. The van der Waals surface area contributed by atoms with Crippen molar-refractivity contribution >= 4 is 17.3 Å². The van der Waals surface area contributed by atoms with Crippen LogP contribution in [0, 0.1) is 6.92 Å². The van der Waals surface area contributed by atoms with Crippen LogP contribution in [-0.4, -0.2) is 19.5 Å². The largest absolute Gasteiger partial charge is 0.387 e. The van der Waals surface area contributed by atoms with Gasteiger partial charge in [-0.3, -0.25) is 4.79 Å². The molecule has 1 amide bonds. The maximum Gasteiger partial charge on any atom is 0.260 e. The molecule has 1 heterocycles. The zero-order chi connectivity index (χ0) is 14.8. The molecular weight excluding hydrogens is 260 g/mol. The monoisotopic (exact) mass is 280 g/mol. The number of hydrogen-bond acceptors (Lipinski definition) is 2. The number of nitrogens with zero attached hydrogens (tertiary/aromatic N) is 1. The smallest absolute Gasteiger partial charge is 0.260 e. The van der Waals surface area contributed by atoms with E-state index in [4.69, 9.17) is 0 Å². The van der Waals surface area contributed by atoms with Crippen LogP contribution in [0.1, 0.15) is 27.9 Å². The molecule has 0 aliphatic carbocycles. The molecular formula is C18H20N2O. The van der Waals surface area contributed by atoms with Crippen LogP contribution in [0.4, 0.5) is 11.4 Å². The van der Waals surface area contributed by atoms with Gasteiger partial charge in [0, 0.05) is 25.0 Å². The molecule has 0 unspecified atom stereocenters. The average molecular weight is 280 g/mol. The molecule has 0 aromatic heterocycles. The van der Waals surface area contributed by atoms with Gasteiger partial charge in [0.15, 0.2) is 0 Å². The molecule has 0 atom stereocenters. The number of para-hydroxylation sites is 1. The lowest BCUT2D eigenvalue weighted by Gasteiger charge is -2.30. The van der Waals surface area contributed by atoms with Crippen molar-refractivity contribution in [3.8, 4) is 0 Å². The first-order valence-corrected chi connectivity index (χ1v) is 7.39. The third kappa shape index (κ3) is 2.51. The number of nitrogens with one attached hydrogen (secondary N) is 1. The van der Waals surface area contributed by atoms with E-state index in [9.17, 15) is 4.79 Å². The minimum Gasteiger partial charge on any atom is -0.387 e. The van der Waals surface area contributed by atoms with Crippen molar-refractivity contribution in [2.24, 2.45) is 0 Å². The molecule has 1 N–H and O–H groups in total. The number of hydrogen-bond donors (Lipinski definition) is 1. The van der Waals surface area contributed by atoms with E-state index in [0.29, 0.717) is 0 Å². The van der Waals surface area contributed by atoms with Crippen LogP contribution in [0.15, 0.2) is 42.5 Å². The fourth-order valence-electron chi connectivity index (χ4n) is 2.94. The molecule has 0 spiro atoms. The van der Waals surface area contributed by atoms with Gasteiger partial charge in [0.05, 0.1) is 5.56 Å². The second-order valence-electron chi connectivity index (χ2n) is 5.49. The number of fused-ring (bicyclic) bond motifs is 1. The third-order valence-corrected chi connectivity index (χ3v) is 4.03. The topological polar surface area (TPSA) is 32.3 Å². The zero-order valence-corrected chi connectivity index (χ0v) is 12.5. The Hall–Kier alpha value is -2.29. The van der Waals surface area contributed by atoms with E-state index in [-0.39, 0.29) is 5.91 Å². The third-order valence-electron chi connectivity index (χ3n) is 4.03. The van der Waals surface area contributed by atoms with Crippen molar-refractivity contribution in [3.63, 3.8) is 0 Å². The highest BCUT2D eigenvalue weighted by atomic mass is 16.2. The number of amides is 1. The summed E-state index contributed by atoms with van der Waals surface area (Å²) >= 11 is 0. The Morgan fingerprint density at radius 2 is 2.00 bits per heavy atom. The van der Waals surface area contributed by atoms with E-state index in [1.165, 1.54) is 5.56 Å². The summed E-state index contributed by atoms with van der Waals surface area (Å²) < 4.78 is 0. The maximum atomic E-state index is 13.0. The van der Waals surface area contributed by atoms with Crippen molar-refractivity contribution in [3.05, 3.63) is 59.2 Å². The molecule has 2 aromatic carbocycles. The van der Waals surface area contributed by atoms with Crippen LogP contribution in [0.25, 0.3) is 0 Å². The average Bonchev–Trinajstić information content (AvgIpc) is 2.53. The molecule has 0 fully saturated rings. The fourth-order valence-corrected chi connectivity index (χ4v) is 2.94. The molecule has 0 saturated carbocycles. The summed E-state index contributed by atoms with van der Waals surface area (Å²) in [5, 5.41) is 3.12. The Bertz CT molecular complexity index is 679. The lowest BCUT2D eigenvalue weighted by atomic mass is 10.00. The van der Waals surface area contributed by atoms with E-state index in [2.05, 4.69) is 11.4 Å². The van der Waals surface area contributed by atoms with Gasteiger partial charge in [0.25, 0.3) is 5.91 Å². The van der Waals surface area contributed by atoms with Crippen molar-refractivity contribution in [2.45, 2.75) is 19.8 Å². The van der Waals surface area contributed by atoms with Gasteiger partial charge in [-0.15, -0.1) is 0 Å². The minimum atomic E-state index is 0.0789. The summed E-state index contributed by atoms with van der Waals surface area (Å²) in [6.45, 7) is 2.80. The molecule has 2 aromatic rings. The fraction of sp³-hybridized carbons (Fsp3) is 0.278. The number of carbonyl (C=O) groups excluding carboxylic acids is 1. The van der Waals surface area contributed by atoms with Crippen molar-refractivity contribution < 1.29 is 4.79 Å². The molecule has 1 aliphatic rings.